The molecule has 2 N–H and O–H groups in total. The number of alkyl halides is 3. The van der Waals surface area contributed by atoms with Crippen molar-refractivity contribution in [3.05, 3.63) is 47.0 Å². The number of anilines is 2. The average Bonchev–Trinajstić information content (AvgIpc) is 2.83. The fourth-order valence-corrected chi connectivity index (χ4v) is 5.34. The highest BCUT2D eigenvalue weighted by Gasteiger charge is 2.38. The van der Waals surface area contributed by atoms with Crippen molar-refractivity contribution < 1.29 is 36.2 Å². The highest BCUT2D eigenvalue weighted by molar-refractivity contribution is 7.93. The number of nitriles is 1. The second kappa shape index (κ2) is 10.6. The van der Waals surface area contributed by atoms with E-state index in [1.54, 1.807) is 18.2 Å². The van der Waals surface area contributed by atoms with Crippen molar-refractivity contribution in [1.82, 2.24) is 5.32 Å². The van der Waals surface area contributed by atoms with E-state index < -0.39 is 22.2 Å². The number of hydrogen-bond acceptors (Lipinski definition) is 7. The Bertz CT molecular complexity index is 1240. The lowest BCUT2D eigenvalue weighted by molar-refractivity contribution is -0.192. The van der Waals surface area contributed by atoms with E-state index >= 15 is 0 Å². The van der Waals surface area contributed by atoms with Gasteiger partial charge in [0.05, 0.1) is 23.5 Å². The molecule has 2 aliphatic heterocycles. The van der Waals surface area contributed by atoms with Crippen LogP contribution in [0, 0.1) is 11.3 Å². The van der Waals surface area contributed by atoms with Crippen LogP contribution in [-0.2, 0) is 14.8 Å². The Morgan fingerprint density at radius 3 is 2.34 bits per heavy atom. The van der Waals surface area contributed by atoms with Crippen LogP contribution in [-0.4, -0.2) is 65.0 Å². The van der Waals surface area contributed by atoms with Crippen molar-refractivity contribution in [3.63, 3.8) is 0 Å². The maximum Gasteiger partial charge on any atom is 0.490 e. The minimum atomic E-state index is -5.08. The Morgan fingerprint density at radius 2 is 1.74 bits per heavy atom. The summed E-state index contributed by atoms with van der Waals surface area (Å²) in [7, 11) is -3.94. The van der Waals surface area contributed by atoms with Crippen LogP contribution in [0.3, 0.4) is 0 Å². The molecular weight excluding hydrogens is 513 g/mol. The molecule has 0 saturated carbocycles. The second-order valence-corrected chi connectivity index (χ2v) is 9.61. The molecular formula is C21H20ClF3N4O5S. The van der Waals surface area contributed by atoms with Crippen LogP contribution >= 0.6 is 11.6 Å². The lowest BCUT2D eigenvalue weighted by Gasteiger charge is -2.36. The average molecular weight is 533 g/mol. The van der Waals surface area contributed by atoms with Crippen LogP contribution < -0.4 is 19.3 Å². The first kappa shape index (κ1) is 26.4. The van der Waals surface area contributed by atoms with Crippen molar-refractivity contribution in [2.75, 3.05) is 48.5 Å². The molecule has 2 heterocycles. The number of benzene rings is 2. The molecule has 1 saturated heterocycles. The molecule has 0 bridgehead atoms. The molecule has 0 radical (unpaired) electrons. The van der Waals surface area contributed by atoms with Crippen LogP contribution in [0.5, 0.6) is 5.75 Å². The summed E-state index contributed by atoms with van der Waals surface area (Å²) in [4.78, 5) is 11.0. The highest BCUT2D eigenvalue weighted by Crippen LogP contribution is 2.45. The van der Waals surface area contributed by atoms with Crippen molar-refractivity contribution in [3.8, 4) is 11.8 Å². The predicted octanol–water partition coefficient (Wildman–Crippen LogP) is 2.84. The van der Waals surface area contributed by atoms with Gasteiger partial charge < -0.3 is 20.1 Å². The number of hydrogen-bond donors (Lipinski definition) is 2. The summed E-state index contributed by atoms with van der Waals surface area (Å²) in [5, 5.41) is 20.2. The number of halogens is 4. The van der Waals surface area contributed by atoms with Gasteiger partial charge in [0.2, 0.25) is 0 Å². The molecule has 0 aromatic heterocycles. The van der Waals surface area contributed by atoms with Crippen LogP contribution in [0.25, 0.3) is 0 Å². The van der Waals surface area contributed by atoms with E-state index in [1.165, 1.54) is 16.4 Å². The standard InChI is InChI=1S/C19H19ClN4O3S.C2HF3O2/c20-15-11-16(23-7-5-22-6-8-23)19-17(12-15)24(9-10-27-19)28(25,26)18-4-2-1-3-14(18)13-21;3-2(4,5)1(6)7/h1-4,11-12,22H,5-10H2;(H,6,7). The molecule has 2 aliphatic rings. The minimum absolute atomic E-state index is 0.0194. The first-order chi connectivity index (χ1) is 16.5. The molecule has 9 nitrogen and oxygen atoms in total. The van der Waals surface area contributed by atoms with E-state index in [1.807, 2.05) is 12.1 Å². The van der Waals surface area contributed by atoms with Gasteiger partial charge in [-0.15, -0.1) is 0 Å². The van der Waals surface area contributed by atoms with Gasteiger partial charge in [-0.05, 0) is 24.3 Å². The van der Waals surface area contributed by atoms with E-state index in [9.17, 15) is 26.9 Å². The number of fused-ring (bicyclic) bond motifs is 1. The van der Waals surface area contributed by atoms with Gasteiger partial charge >= 0.3 is 12.1 Å². The fraction of sp³-hybridized carbons (Fsp3) is 0.333. The summed E-state index contributed by atoms with van der Waals surface area (Å²) in [5.41, 5.74) is 1.30. The summed E-state index contributed by atoms with van der Waals surface area (Å²) < 4.78 is 65.7. The van der Waals surface area contributed by atoms with Crippen molar-refractivity contribution in [1.29, 1.82) is 5.26 Å². The molecule has 14 heteroatoms. The molecule has 0 atom stereocenters. The number of nitrogens with one attached hydrogen (secondary N) is 1. The molecule has 188 valence electrons. The Labute approximate surface area is 204 Å². The maximum atomic E-state index is 13.4. The Kier molecular flexibility index (Phi) is 7.99. The Balaban J connectivity index is 0.000000429. The minimum Gasteiger partial charge on any atom is -0.487 e. The van der Waals surface area contributed by atoms with Gasteiger partial charge in [0.25, 0.3) is 10.0 Å². The highest BCUT2D eigenvalue weighted by atomic mass is 35.5. The molecule has 2 aromatic carbocycles. The number of carboxylic acid groups (broad SMARTS) is 1. The van der Waals surface area contributed by atoms with Gasteiger partial charge in [0.1, 0.15) is 17.6 Å². The topological polar surface area (TPSA) is 123 Å². The number of piperazine rings is 1. The van der Waals surface area contributed by atoms with E-state index in [0.717, 1.165) is 31.9 Å². The number of carbonyl (C=O) groups is 1. The lowest BCUT2D eigenvalue weighted by atomic mass is 10.2. The van der Waals surface area contributed by atoms with Gasteiger partial charge in [-0.25, -0.2) is 13.2 Å². The molecule has 0 unspecified atom stereocenters. The summed E-state index contributed by atoms with van der Waals surface area (Å²) in [6, 6.07) is 11.6. The zero-order valence-corrected chi connectivity index (χ0v) is 19.6. The van der Waals surface area contributed by atoms with Gasteiger partial charge in [-0.1, -0.05) is 23.7 Å². The monoisotopic (exact) mass is 532 g/mol. The summed E-state index contributed by atoms with van der Waals surface area (Å²) in [6.45, 7) is 3.59. The molecule has 35 heavy (non-hydrogen) atoms. The van der Waals surface area contributed by atoms with E-state index in [2.05, 4.69) is 10.2 Å². The fourth-order valence-electron chi connectivity index (χ4n) is 3.54. The number of rotatable bonds is 3. The molecule has 0 aliphatic carbocycles. The summed E-state index contributed by atoms with van der Waals surface area (Å²) in [5.74, 6) is -2.25. The molecule has 0 spiro atoms. The van der Waals surface area contributed by atoms with E-state index in [4.69, 9.17) is 26.2 Å². The predicted molar refractivity (Wildman–Crippen MR) is 121 cm³/mol. The van der Waals surface area contributed by atoms with Crippen molar-refractivity contribution >= 4 is 39.0 Å². The van der Waals surface area contributed by atoms with Crippen molar-refractivity contribution in [2.24, 2.45) is 0 Å². The zero-order valence-electron chi connectivity index (χ0n) is 18.0. The van der Waals surface area contributed by atoms with Crippen molar-refractivity contribution in [2.45, 2.75) is 11.1 Å². The van der Waals surface area contributed by atoms with Gasteiger partial charge in [0, 0.05) is 31.2 Å². The van der Waals surface area contributed by atoms with E-state index in [0.29, 0.717) is 16.5 Å². The molecule has 0 amide bonds. The number of aliphatic carboxylic acids is 1. The third-order valence-electron chi connectivity index (χ3n) is 5.10. The number of carboxylic acids is 1. The molecule has 2 aromatic rings. The largest absolute Gasteiger partial charge is 0.490 e. The van der Waals surface area contributed by atoms with Crippen LogP contribution in [0.2, 0.25) is 5.02 Å². The molecule has 4 rings (SSSR count). The number of nitrogens with zero attached hydrogens (tertiary/aromatic N) is 3. The summed E-state index contributed by atoms with van der Waals surface area (Å²) in [6.07, 6.45) is -5.08. The van der Waals surface area contributed by atoms with Gasteiger partial charge in [0.15, 0.2) is 5.75 Å². The first-order valence-corrected chi connectivity index (χ1v) is 12.0. The zero-order chi connectivity index (χ0) is 25.8. The second-order valence-electron chi connectivity index (χ2n) is 7.35. The smallest absolute Gasteiger partial charge is 0.487 e. The number of sulfonamides is 1. The van der Waals surface area contributed by atoms with Crippen LogP contribution in [0.1, 0.15) is 5.56 Å². The SMILES string of the molecule is N#Cc1ccccc1S(=O)(=O)N1CCOc2c(N3CCNCC3)cc(Cl)cc21.O=C(O)C(F)(F)F. The van der Waals surface area contributed by atoms with Gasteiger partial charge in [-0.2, -0.15) is 18.4 Å². The third-order valence-corrected chi connectivity index (χ3v) is 7.19. The quantitative estimate of drug-likeness (QED) is 0.618. The Morgan fingerprint density at radius 1 is 1.14 bits per heavy atom. The van der Waals surface area contributed by atoms with Crippen LogP contribution in [0.15, 0.2) is 41.3 Å². The third kappa shape index (κ3) is 5.90. The maximum absolute atomic E-state index is 13.4. The van der Waals surface area contributed by atoms with E-state index in [-0.39, 0.29) is 23.6 Å². The number of ether oxygens (including phenoxy) is 1. The Hall–Kier alpha value is -3.21. The molecule has 1 fully saturated rings. The normalized spacial score (nSPS) is 15.7. The van der Waals surface area contributed by atoms with Crippen LogP contribution in [0.4, 0.5) is 24.5 Å². The van der Waals surface area contributed by atoms with Gasteiger partial charge in [-0.3, -0.25) is 4.31 Å². The lowest BCUT2D eigenvalue weighted by Crippen LogP contribution is -2.44. The summed E-state index contributed by atoms with van der Waals surface area (Å²) >= 11 is 6.35. The first-order valence-electron chi connectivity index (χ1n) is 10.2.